The van der Waals surface area contributed by atoms with E-state index in [1.54, 1.807) is 30.3 Å². The van der Waals surface area contributed by atoms with Crippen LogP contribution < -0.4 is 0 Å². The van der Waals surface area contributed by atoms with Crippen LogP contribution in [-0.2, 0) is 11.2 Å². The molecule has 1 atom stereocenters. The Morgan fingerprint density at radius 1 is 1.03 bits per heavy atom. The molecule has 6 nitrogen and oxygen atoms in total. The number of furan rings is 1. The summed E-state index contributed by atoms with van der Waals surface area (Å²) in [6.07, 6.45) is 1.86. The number of hydrogen-bond acceptors (Lipinski definition) is 5. The van der Waals surface area contributed by atoms with Crippen LogP contribution in [0.25, 0.3) is 0 Å². The number of ketones is 1. The van der Waals surface area contributed by atoms with Crippen LogP contribution in [0.5, 0.6) is 5.75 Å². The molecule has 1 unspecified atom stereocenters. The highest BCUT2D eigenvalue weighted by Crippen LogP contribution is 2.39. The van der Waals surface area contributed by atoms with Crippen LogP contribution in [0.4, 0.5) is 0 Å². The number of Topliss-reactive ketones (excluding diaryl/α,β-unsaturated/α-hetero) is 1. The number of aliphatic hydroxyl groups excluding tert-OH is 1. The Hall–Kier alpha value is -3.51. The summed E-state index contributed by atoms with van der Waals surface area (Å²) in [5, 5.41) is 20.8. The van der Waals surface area contributed by atoms with Crippen molar-refractivity contribution < 1.29 is 24.2 Å². The molecule has 0 saturated carbocycles. The fourth-order valence-corrected chi connectivity index (χ4v) is 3.69. The van der Waals surface area contributed by atoms with Gasteiger partial charge in [-0.15, -0.1) is 0 Å². The quantitative estimate of drug-likeness (QED) is 0.571. The first-order valence-electron chi connectivity index (χ1n) is 9.31. The first-order chi connectivity index (χ1) is 14.5. The number of aromatic hydroxyl groups is 1. The second-order valence-electron chi connectivity index (χ2n) is 6.94. The third kappa shape index (κ3) is 3.69. The molecule has 0 saturated heterocycles. The summed E-state index contributed by atoms with van der Waals surface area (Å²) in [5.74, 6) is -1.68. The molecule has 1 aliphatic rings. The molecule has 1 aliphatic heterocycles. The van der Waals surface area contributed by atoms with Gasteiger partial charge in [-0.05, 0) is 53.9 Å². The van der Waals surface area contributed by atoms with E-state index in [1.807, 2.05) is 12.1 Å². The maximum Gasteiger partial charge on any atom is 0.290 e. The molecule has 0 bridgehead atoms. The number of nitrogens with zero attached hydrogens (tertiary/aromatic N) is 1. The molecule has 0 aliphatic carbocycles. The van der Waals surface area contributed by atoms with E-state index in [0.717, 1.165) is 5.56 Å². The molecule has 2 N–H and O–H groups in total. The molecule has 3 aromatic rings. The summed E-state index contributed by atoms with van der Waals surface area (Å²) in [6, 6.07) is 15.7. The van der Waals surface area contributed by atoms with Crippen molar-refractivity contribution in [1.29, 1.82) is 0 Å². The standard InChI is InChI=1S/C23H18ClNO5/c24-16-7-3-14(4-8-16)11-12-25-20(15-5-9-17(26)10-6-15)19(22(28)23(25)29)21(27)18-2-1-13-30-18/h1-10,13,20,26,28H,11-12H2. The number of rotatable bonds is 6. The number of carbonyl (C=O) groups is 2. The van der Waals surface area contributed by atoms with E-state index in [2.05, 4.69) is 0 Å². The van der Waals surface area contributed by atoms with Crippen LogP contribution in [0.15, 0.2) is 82.7 Å². The Kier molecular flexibility index (Phi) is 5.33. The third-order valence-electron chi connectivity index (χ3n) is 5.06. The molecule has 0 fully saturated rings. The fourth-order valence-electron chi connectivity index (χ4n) is 3.56. The molecule has 2 heterocycles. The Labute approximate surface area is 177 Å². The first-order valence-corrected chi connectivity index (χ1v) is 9.69. The average molecular weight is 424 g/mol. The number of hydrogen-bond donors (Lipinski definition) is 2. The lowest BCUT2D eigenvalue weighted by atomic mass is 9.95. The van der Waals surface area contributed by atoms with Gasteiger partial charge in [-0.25, -0.2) is 0 Å². The summed E-state index contributed by atoms with van der Waals surface area (Å²) in [6.45, 7) is 0.269. The number of benzene rings is 2. The average Bonchev–Trinajstić information content (AvgIpc) is 3.36. The summed E-state index contributed by atoms with van der Waals surface area (Å²) < 4.78 is 5.19. The monoisotopic (exact) mass is 423 g/mol. The maximum atomic E-state index is 13.0. The third-order valence-corrected chi connectivity index (χ3v) is 5.31. The van der Waals surface area contributed by atoms with Crippen molar-refractivity contribution >= 4 is 23.3 Å². The van der Waals surface area contributed by atoms with Crippen LogP contribution in [-0.4, -0.2) is 33.3 Å². The van der Waals surface area contributed by atoms with Gasteiger partial charge < -0.3 is 19.5 Å². The Bertz CT molecular complexity index is 1100. The Morgan fingerprint density at radius 2 is 1.73 bits per heavy atom. The predicted molar refractivity (Wildman–Crippen MR) is 110 cm³/mol. The Balaban J connectivity index is 1.69. The van der Waals surface area contributed by atoms with Crippen LogP contribution in [0.2, 0.25) is 5.02 Å². The van der Waals surface area contributed by atoms with Crippen molar-refractivity contribution in [3.63, 3.8) is 0 Å². The van der Waals surface area contributed by atoms with Gasteiger partial charge in [0.05, 0.1) is 17.9 Å². The van der Waals surface area contributed by atoms with Crippen molar-refractivity contribution in [2.75, 3.05) is 6.54 Å². The van der Waals surface area contributed by atoms with E-state index in [1.165, 1.54) is 29.4 Å². The molecular weight excluding hydrogens is 406 g/mol. The lowest BCUT2D eigenvalue weighted by molar-refractivity contribution is -0.129. The highest BCUT2D eigenvalue weighted by Gasteiger charge is 2.44. The van der Waals surface area contributed by atoms with Gasteiger partial charge in [-0.2, -0.15) is 0 Å². The minimum atomic E-state index is -0.803. The smallest absolute Gasteiger partial charge is 0.290 e. The van der Waals surface area contributed by atoms with Gasteiger partial charge in [0.2, 0.25) is 5.78 Å². The van der Waals surface area contributed by atoms with Crippen LogP contribution in [0.3, 0.4) is 0 Å². The molecule has 4 rings (SSSR count). The fraction of sp³-hybridized carbons (Fsp3) is 0.130. The number of halogens is 1. The van der Waals surface area contributed by atoms with Crippen LogP contribution in [0.1, 0.15) is 27.7 Å². The van der Waals surface area contributed by atoms with Crippen LogP contribution >= 0.6 is 11.6 Å². The molecule has 7 heteroatoms. The minimum Gasteiger partial charge on any atom is -0.508 e. The number of carbonyl (C=O) groups excluding carboxylic acids is 2. The summed E-state index contributed by atoms with van der Waals surface area (Å²) in [4.78, 5) is 27.3. The summed E-state index contributed by atoms with van der Waals surface area (Å²) in [5.41, 5.74) is 1.51. The highest BCUT2D eigenvalue weighted by atomic mass is 35.5. The van der Waals surface area contributed by atoms with E-state index >= 15 is 0 Å². The van der Waals surface area contributed by atoms with E-state index in [4.69, 9.17) is 16.0 Å². The number of amides is 1. The number of phenolic OH excluding ortho intramolecular Hbond substituents is 1. The highest BCUT2D eigenvalue weighted by molar-refractivity contribution is 6.30. The SMILES string of the molecule is O=C(C1=C(O)C(=O)N(CCc2ccc(Cl)cc2)C1c1ccc(O)cc1)c1ccco1. The van der Waals surface area contributed by atoms with Crippen molar-refractivity contribution in [2.45, 2.75) is 12.5 Å². The first kappa shape index (κ1) is 19.8. The van der Waals surface area contributed by atoms with Gasteiger partial charge in [0.1, 0.15) is 5.75 Å². The van der Waals surface area contributed by atoms with Crippen molar-refractivity contribution in [3.05, 3.63) is 100 Å². The van der Waals surface area contributed by atoms with Gasteiger partial charge in [-0.1, -0.05) is 35.9 Å². The summed E-state index contributed by atoms with van der Waals surface area (Å²) >= 11 is 5.93. The normalized spacial score (nSPS) is 16.4. The van der Waals surface area contributed by atoms with Gasteiger partial charge in [0.25, 0.3) is 5.91 Å². The van der Waals surface area contributed by atoms with Gasteiger partial charge in [0, 0.05) is 11.6 Å². The second kappa shape index (κ2) is 8.08. The van der Waals surface area contributed by atoms with E-state index in [9.17, 15) is 19.8 Å². The minimum absolute atomic E-state index is 0.0349. The lowest BCUT2D eigenvalue weighted by Gasteiger charge is -2.26. The van der Waals surface area contributed by atoms with Crippen molar-refractivity contribution in [1.82, 2.24) is 4.90 Å². The number of phenols is 1. The molecule has 152 valence electrons. The molecular formula is C23H18ClNO5. The zero-order valence-electron chi connectivity index (χ0n) is 15.8. The van der Waals surface area contributed by atoms with E-state index in [0.29, 0.717) is 17.0 Å². The number of aliphatic hydroxyl groups is 1. The zero-order chi connectivity index (χ0) is 21.3. The van der Waals surface area contributed by atoms with Gasteiger partial charge >= 0.3 is 0 Å². The topological polar surface area (TPSA) is 91.0 Å². The second-order valence-corrected chi connectivity index (χ2v) is 7.37. The van der Waals surface area contributed by atoms with Crippen LogP contribution in [0, 0.1) is 0 Å². The molecule has 1 amide bonds. The molecule has 1 aromatic heterocycles. The zero-order valence-corrected chi connectivity index (χ0v) is 16.5. The van der Waals surface area contributed by atoms with Crippen molar-refractivity contribution in [2.24, 2.45) is 0 Å². The lowest BCUT2D eigenvalue weighted by Crippen LogP contribution is -2.33. The Morgan fingerprint density at radius 3 is 2.37 bits per heavy atom. The molecule has 2 aromatic carbocycles. The molecule has 30 heavy (non-hydrogen) atoms. The maximum absolute atomic E-state index is 13.0. The summed E-state index contributed by atoms with van der Waals surface area (Å²) in [7, 11) is 0. The molecule has 0 radical (unpaired) electrons. The largest absolute Gasteiger partial charge is 0.508 e. The predicted octanol–water partition coefficient (Wildman–Crippen LogP) is 4.46. The van der Waals surface area contributed by atoms with Gasteiger partial charge in [0.15, 0.2) is 11.5 Å². The molecule has 0 spiro atoms. The van der Waals surface area contributed by atoms with E-state index < -0.39 is 23.5 Å². The van der Waals surface area contributed by atoms with E-state index in [-0.39, 0.29) is 23.6 Å². The van der Waals surface area contributed by atoms with Gasteiger partial charge in [-0.3, -0.25) is 9.59 Å². The van der Waals surface area contributed by atoms with Crippen molar-refractivity contribution in [3.8, 4) is 5.75 Å².